The summed E-state index contributed by atoms with van der Waals surface area (Å²) in [6, 6.07) is 9.64. The Morgan fingerprint density at radius 2 is 2.22 bits per heavy atom. The van der Waals surface area contributed by atoms with Gasteiger partial charge in [-0.15, -0.1) is 0 Å². The number of carbonyl (C=O) groups is 1. The monoisotopic (exact) mass is 312 g/mol. The molecule has 1 amide bonds. The van der Waals surface area contributed by atoms with E-state index in [9.17, 15) is 4.79 Å². The van der Waals surface area contributed by atoms with E-state index in [2.05, 4.69) is 4.98 Å². The van der Waals surface area contributed by atoms with Gasteiger partial charge in [0.05, 0.1) is 12.6 Å². The van der Waals surface area contributed by atoms with Gasteiger partial charge in [0.1, 0.15) is 23.7 Å². The van der Waals surface area contributed by atoms with Gasteiger partial charge in [-0.2, -0.15) is 0 Å². The fourth-order valence-electron chi connectivity index (χ4n) is 2.55. The highest BCUT2D eigenvalue weighted by atomic mass is 16.3. The van der Waals surface area contributed by atoms with Gasteiger partial charge in [0.15, 0.2) is 0 Å². The van der Waals surface area contributed by atoms with Crippen molar-refractivity contribution in [3.8, 4) is 0 Å². The van der Waals surface area contributed by atoms with Crippen molar-refractivity contribution in [2.24, 2.45) is 5.73 Å². The van der Waals surface area contributed by atoms with Crippen molar-refractivity contribution in [1.82, 2.24) is 14.5 Å². The molecule has 0 radical (unpaired) electrons. The Bertz CT molecular complexity index is 788. The summed E-state index contributed by atoms with van der Waals surface area (Å²) in [6.07, 6.45) is 3.41. The number of carbonyl (C=O) groups excluding carboxylic acids is 1. The van der Waals surface area contributed by atoms with Crippen LogP contribution in [-0.4, -0.2) is 27.4 Å². The molecule has 0 bridgehead atoms. The fraction of sp³-hybridized carbons (Fsp3) is 0.294. The summed E-state index contributed by atoms with van der Waals surface area (Å²) in [5.74, 6) is 1.44. The van der Waals surface area contributed by atoms with Crippen LogP contribution in [0.1, 0.15) is 24.6 Å². The van der Waals surface area contributed by atoms with Crippen LogP contribution in [0.3, 0.4) is 0 Å². The van der Waals surface area contributed by atoms with Gasteiger partial charge in [-0.05, 0) is 19.1 Å². The zero-order valence-corrected chi connectivity index (χ0v) is 13.3. The third-order valence-corrected chi connectivity index (χ3v) is 4.12. The second kappa shape index (κ2) is 6.26. The third-order valence-electron chi connectivity index (χ3n) is 4.12. The molecule has 3 aromatic rings. The van der Waals surface area contributed by atoms with Gasteiger partial charge in [-0.25, -0.2) is 4.98 Å². The Balaban J connectivity index is 1.75. The van der Waals surface area contributed by atoms with Crippen LogP contribution >= 0.6 is 0 Å². The van der Waals surface area contributed by atoms with Crippen LogP contribution in [0.5, 0.6) is 0 Å². The number of para-hydroxylation sites is 1. The summed E-state index contributed by atoms with van der Waals surface area (Å²) in [5, 5.41) is 1.04. The van der Waals surface area contributed by atoms with E-state index in [1.807, 2.05) is 37.3 Å². The molecule has 2 heterocycles. The summed E-state index contributed by atoms with van der Waals surface area (Å²) < 4.78 is 7.62. The summed E-state index contributed by atoms with van der Waals surface area (Å²) in [5.41, 5.74) is 6.45. The molecule has 0 aliphatic carbocycles. The van der Waals surface area contributed by atoms with Crippen molar-refractivity contribution in [2.45, 2.75) is 26.1 Å². The molecule has 23 heavy (non-hydrogen) atoms. The quantitative estimate of drug-likeness (QED) is 0.784. The molecule has 2 aromatic heterocycles. The molecule has 0 spiro atoms. The Hall–Kier alpha value is -2.60. The van der Waals surface area contributed by atoms with E-state index in [1.165, 1.54) is 0 Å². The SMILES string of the molecule is CC(c1cc2ccccc2o1)N(C)C(=O)Cn1ccnc1CN. The van der Waals surface area contributed by atoms with Crippen LogP contribution in [0, 0.1) is 0 Å². The molecule has 0 saturated carbocycles. The lowest BCUT2D eigenvalue weighted by Crippen LogP contribution is -2.32. The molecule has 0 fully saturated rings. The number of hydrogen-bond acceptors (Lipinski definition) is 4. The van der Waals surface area contributed by atoms with Gasteiger partial charge in [0.2, 0.25) is 5.91 Å². The van der Waals surface area contributed by atoms with Crippen molar-refractivity contribution in [2.75, 3.05) is 7.05 Å². The van der Waals surface area contributed by atoms with E-state index in [0.717, 1.165) is 16.7 Å². The molecule has 3 rings (SSSR count). The highest BCUT2D eigenvalue weighted by Crippen LogP contribution is 2.26. The van der Waals surface area contributed by atoms with Gasteiger partial charge < -0.3 is 19.6 Å². The van der Waals surface area contributed by atoms with Crippen LogP contribution < -0.4 is 5.73 Å². The topological polar surface area (TPSA) is 77.3 Å². The van der Waals surface area contributed by atoms with Crippen molar-refractivity contribution >= 4 is 16.9 Å². The highest BCUT2D eigenvalue weighted by Gasteiger charge is 2.21. The minimum Gasteiger partial charge on any atom is -0.459 e. The molecule has 1 aromatic carbocycles. The van der Waals surface area contributed by atoms with Crippen molar-refractivity contribution in [1.29, 1.82) is 0 Å². The summed E-state index contributed by atoms with van der Waals surface area (Å²) in [7, 11) is 1.78. The van der Waals surface area contributed by atoms with Crippen LogP contribution in [0.2, 0.25) is 0 Å². The molecular weight excluding hydrogens is 292 g/mol. The second-order valence-electron chi connectivity index (χ2n) is 5.54. The predicted molar refractivity (Wildman–Crippen MR) is 87.5 cm³/mol. The average molecular weight is 312 g/mol. The zero-order chi connectivity index (χ0) is 16.4. The maximum absolute atomic E-state index is 12.5. The van der Waals surface area contributed by atoms with Crippen molar-refractivity contribution in [3.63, 3.8) is 0 Å². The number of imidazole rings is 1. The Morgan fingerprint density at radius 3 is 2.96 bits per heavy atom. The number of amides is 1. The maximum atomic E-state index is 12.5. The Morgan fingerprint density at radius 1 is 1.43 bits per heavy atom. The van der Waals surface area contributed by atoms with E-state index in [1.54, 1.807) is 28.9 Å². The highest BCUT2D eigenvalue weighted by molar-refractivity contribution is 5.79. The number of furan rings is 1. The Kier molecular flexibility index (Phi) is 4.16. The zero-order valence-electron chi connectivity index (χ0n) is 13.3. The fourth-order valence-corrected chi connectivity index (χ4v) is 2.55. The summed E-state index contributed by atoms with van der Waals surface area (Å²) in [6.45, 7) is 2.48. The smallest absolute Gasteiger partial charge is 0.242 e. The lowest BCUT2D eigenvalue weighted by Gasteiger charge is -2.23. The van der Waals surface area contributed by atoms with E-state index in [-0.39, 0.29) is 18.5 Å². The normalized spacial score (nSPS) is 12.5. The molecule has 0 aliphatic rings. The number of rotatable bonds is 5. The number of fused-ring (bicyclic) bond motifs is 1. The molecular formula is C17H20N4O2. The molecule has 0 saturated heterocycles. The lowest BCUT2D eigenvalue weighted by atomic mass is 10.2. The molecule has 2 N–H and O–H groups in total. The summed E-state index contributed by atoms with van der Waals surface area (Å²) >= 11 is 0. The first-order valence-electron chi connectivity index (χ1n) is 7.54. The maximum Gasteiger partial charge on any atom is 0.242 e. The first-order chi connectivity index (χ1) is 11.1. The minimum atomic E-state index is -0.153. The van der Waals surface area contributed by atoms with Crippen LogP contribution in [0.15, 0.2) is 47.1 Å². The van der Waals surface area contributed by atoms with E-state index in [0.29, 0.717) is 12.4 Å². The number of benzene rings is 1. The second-order valence-corrected chi connectivity index (χ2v) is 5.54. The molecule has 1 atom stereocenters. The first-order valence-corrected chi connectivity index (χ1v) is 7.54. The van der Waals surface area contributed by atoms with E-state index >= 15 is 0 Å². The molecule has 0 aliphatic heterocycles. The lowest BCUT2D eigenvalue weighted by molar-refractivity contribution is -0.132. The Labute approximate surface area is 134 Å². The number of hydrogen-bond donors (Lipinski definition) is 1. The van der Waals surface area contributed by atoms with Crippen LogP contribution in [0.25, 0.3) is 11.0 Å². The van der Waals surface area contributed by atoms with Crippen molar-refractivity contribution in [3.05, 3.63) is 54.3 Å². The standard InChI is InChI=1S/C17H20N4O2/c1-12(15-9-13-5-3-4-6-14(13)23-15)20(2)17(22)11-21-8-7-19-16(21)10-18/h3-9,12H,10-11,18H2,1-2H3. The van der Waals surface area contributed by atoms with Gasteiger partial charge in [-0.1, -0.05) is 18.2 Å². The molecule has 6 nitrogen and oxygen atoms in total. The number of nitrogens with two attached hydrogens (primary N) is 1. The van der Waals surface area contributed by atoms with Gasteiger partial charge in [-0.3, -0.25) is 4.79 Å². The van der Waals surface area contributed by atoms with E-state index < -0.39 is 0 Å². The molecule has 1 unspecified atom stereocenters. The predicted octanol–water partition coefficient (Wildman–Crippen LogP) is 2.31. The molecule has 120 valence electrons. The minimum absolute atomic E-state index is 0.0225. The average Bonchev–Trinajstić information content (AvgIpc) is 3.19. The van der Waals surface area contributed by atoms with Gasteiger partial charge in [0.25, 0.3) is 0 Å². The first kappa shape index (κ1) is 15.3. The van der Waals surface area contributed by atoms with Crippen LogP contribution in [0.4, 0.5) is 0 Å². The molecule has 6 heteroatoms. The number of nitrogens with zero attached hydrogens (tertiary/aromatic N) is 3. The van der Waals surface area contributed by atoms with Crippen LogP contribution in [-0.2, 0) is 17.9 Å². The largest absolute Gasteiger partial charge is 0.459 e. The third kappa shape index (κ3) is 2.98. The number of aromatic nitrogens is 2. The van der Waals surface area contributed by atoms with E-state index in [4.69, 9.17) is 10.2 Å². The number of likely N-dealkylation sites (N-methyl/N-ethyl adjacent to an activating group) is 1. The van der Waals surface area contributed by atoms with Crippen molar-refractivity contribution < 1.29 is 9.21 Å². The summed E-state index contributed by atoms with van der Waals surface area (Å²) in [4.78, 5) is 18.3. The van der Waals surface area contributed by atoms with Gasteiger partial charge >= 0.3 is 0 Å². The van der Waals surface area contributed by atoms with Gasteiger partial charge in [0, 0.05) is 24.8 Å².